The molecule has 1 aromatic rings. The fourth-order valence-corrected chi connectivity index (χ4v) is 2.35. The molecule has 0 saturated heterocycles. The second-order valence-electron chi connectivity index (χ2n) is 5.45. The number of hydrogen-bond acceptors (Lipinski definition) is 3. The summed E-state index contributed by atoms with van der Waals surface area (Å²) in [6.45, 7) is 15.3. The third-order valence-electron chi connectivity index (χ3n) is 2.76. The fraction of sp³-hybridized carbons (Fsp3) is 0.375. The Balaban J connectivity index is 3.06. The number of allylic oxidation sites excluding steroid dienone is 2. The molecule has 0 aliphatic rings. The zero-order valence-corrected chi connectivity index (χ0v) is 13.4. The van der Waals surface area contributed by atoms with Gasteiger partial charge in [-0.2, -0.15) is 0 Å². The highest BCUT2D eigenvalue weighted by molar-refractivity contribution is 7.16. The summed E-state index contributed by atoms with van der Waals surface area (Å²) in [6.07, 6.45) is 6.47. The van der Waals surface area contributed by atoms with Crippen LogP contribution < -0.4 is 5.32 Å². The molecule has 4 heteroatoms. The minimum absolute atomic E-state index is 0.0446. The lowest BCUT2D eigenvalue weighted by atomic mass is 9.96. The van der Waals surface area contributed by atoms with Gasteiger partial charge in [-0.3, -0.25) is 4.79 Å². The molecule has 20 heavy (non-hydrogen) atoms. The Hall–Kier alpha value is -1.68. The van der Waals surface area contributed by atoms with Crippen LogP contribution >= 0.6 is 11.3 Å². The lowest BCUT2D eigenvalue weighted by Gasteiger charge is -2.15. The molecule has 0 aliphatic carbocycles. The maximum Gasteiger partial charge on any atom is 0.231 e. The third kappa shape index (κ3) is 4.17. The first-order valence-electron chi connectivity index (χ1n) is 6.59. The van der Waals surface area contributed by atoms with E-state index in [1.54, 1.807) is 6.08 Å². The molecule has 0 saturated carbocycles. The molecule has 108 valence electrons. The number of aromatic nitrogens is 1. The molecule has 3 nitrogen and oxygen atoms in total. The highest BCUT2D eigenvalue weighted by Crippen LogP contribution is 2.28. The van der Waals surface area contributed by atoms with Crippen LogP contribution in [0, 0.1) is 5.41 Å². The van der Waals surface area contributed by atoms with E-state index in [2.05, 4.69) is 30.4 Å². The third-order valence-corrected chi connectivity index (χ3v) is 3.70. The van der Waals surface area contributed by atoms with Crippen LogP contribution in [0.15, 0.2) is 24.8 Å². The van der Waals surface area contributed by atoms with Gasteiger partial charge in [0.2, 0.25) is 5.91 Å². The quantitative estimate of drug-likeness (QED) is 0.795. The minimum atomic E-state index is -0.439. The van der Waals surface area contributed by atoms with Gasteiger partial charge in [-0.1, -0.05) is 58.3 Å². The van der Waals surface area contributed by atoms with E-state index in [0.717, 1.165) is 22.6 Å². The van der Waals surface area contributed by atoms with Gasteiger partial charge in [0.05, 0.1) is 10.6 Å². The first kappa shape index (κ1) is 16.4. The van der Waals surface area contributed by atoms with Gasteiger partial charge >= 0.3 is 0 Å². The normalized spacial score (nSPS) is 12.1. The summed E-state index contributed by atoms with van der Waals surface area (Å²) in [5.74, 6) is -0.0446. The van der Waals surface area contributed by atoms with Gasteiger partial charge in [-0.25, -0.2) is 4.98 Å². The van der Waals surface area contributed by atoms with E-state index in [-0.39, 0.29) is 5.91 Å². The minimum Gasteiger partial charge on any atom is -0.301 e. The molecule has 0 aromatic carbocycles. The van der Waals surface area contributed by atoms with E-state index in [1.807, 2.05) is 32.9 Å². The van der Waals surface area contributed by atoms with Crippen molar-refractivity contribution >= 4 is 34.5 Å². The summed E-state index contributed by atoms with van der Waals surface area (Å²) in [5, 5.41) is 3.45. The number of anilines is 1. The second kappa shape index (κ2) is 6.66. The number of carbonyl (C=O) groups excluding carboxylic acids is 1. The van der Waals surface area contributed by atoms with Crippen LogP contribution in [0.4, 0.5) is 5.13 Å². The van der Waals surface area contributed by atoms with Gasteiger partial charge in [0.25, 0.3) is 0 Å². The lowest BCUT2D eigenvalue weighted by Crippen LogP contribution is -2.27. The molecule has 0 spiro atoms. The number of rotatable bonds is 5. The van der Waals surface area contributed by atoms with E-state index in [0.29, 0.717) is 5.13 Å². The maximum absolute atomic E-state index is 12.0. The Morgan fingerprint density at radius 1 is 1.40 bits per heavy atom. The van der Waals surface area contributed by atoms with Crippen molar-refractivity contribution in [3.63, 3.8) is 0 Å². The summed E-state index contributed by atoms with van der Waals surface area (Å²) in [5.41, 5.74) is 1.48. The zero-order valence-electron chi connectivity index (χ0n) is 12.6. The Kier molecular flexibility index (Phi) is 5.45. The molecule has 0 atom stereocenters. The highest BCUT2D eigenvalue weighted by Gasteiger charge is 2.22. The van der Waals surface area contributed by atoms with Crippen LogP contribution in [0.3, 0.4) is 0 Å². The number of carbonyl (C=O) groups is 1. The molecule has 0 fully saturated rings. The summed E-state index contributed by atoms with van der Waals surface area (Å²) in [4.78, 5) is 17.4. The Bertz CT molecular complexity index is 547. The molecule has 1 rings (SSSR count). The van der Waals surface area contributed by atoms with E-state index in [1.165, 1.54) is 11.3 Å². The number of thiazole rings is 1. The predicted octanol–water partition coefficient (Wildman–Crippen LogP) is 4.75. The van der Waals surface area contributed by atoms with Crippen molar-refractivity contribution in [1.82, 2.24) is 4.98 Å². The first-order valence-corrected chi connectivity index (χ1v) is 7.41. The van der Waals surface area contributed by atoms with Gasteiger partial charge in [0, 0.05) is 5.41 Å². The SMILES string of the molecule is C=C/C(=C\c1sc(NC(=O)C(C)(C)C)nc1C=C)CC. The summed E-state index contributed by atoms with van der Waals surface area (Å²) in [6, 6.07) is 0. The van der Waals surface area contributed by atoms with E-state index < -0.39 is 5.41 Å². The molecular formula is C16H22N2OS. The summed E-state index contributed by atoms with van der Waals surface area (Å²) >= 11 is 1.45. The van der Waals surface area contributed by atoms with Gasteiger partial charge in [0.15, 0.2) is 5.13 Å². The first-order chi connectivity index (χ1) is 9.31. The second-order valence-corrected chi connectivity index (χ2v) is 6.48. The van der Waals surface area contributed by atoms with Crippen molar-refractivity contribution in [2.45, 2.75) is 34.1 Å². The molecule has 1 amide bonds. The van der Waals surface area contributed by atoms with Gasteiger partial charge < -0.3 is 5.32 Å². The van der Waals surface area contributed by atoms with E-state index in [4.69, 9.17) is 0 Å². The summed E-state index contributed by atoms with van der Waals surface area (Å²) in [7, 11) is 0. The van der Waals surface area contributed by atoms with E-state index >= 15 is 0 Å². The largest absolute Gasteiger partial charge is 0.301 e. The fourth-order valence-electron chi connectivity index (χ4n) is 1.41. The van der Waals surface area contributed by atoms with Crippen LogP contribution in [0.5, 0.6) is 0 Å². The maximum atomic E-state index is 12.0. The Labute approximate surface area is 125 Å². The van der Waals surface area contributed by atoms with Crippen LogP contribution in [-0.2, 0) is 4.79 Å². The monoisotopic (exact) mass is 290 g/mol. The van der Waals surface area contributed by atoms with Crippen molar-refractivity contribution in [3.8, 4) is 0 Å². The van der Waals surface area contributed by atoms with E-state index in [9.17, 15) is 4.79 Å². The smallest absolute Gasteiger partial charge is 0.231 e. The number of hydrogen-bond donors (Lipinski definition) is 1. The van der Waals surface area contributed by atoms with Gasteiger partial charge in [-0.05, 0) is 24.1 Å². The number of amides is 1. The van der Waals surface area contributed by atoms with Crippen LogP contribution in [0.2, 0.25) is 0 Å². The molecular weight excluding hydrogens is 268 g/mol. The number of nitrogens with zero attached hydrogens (tertiary/aromatic N) is 1. The molecule has 0 radical (unpaired) electrons. The van der Waals surface area contributed by atoms with Crippen molar-refractivity contribution in [2.75, 3.05) is 5.32 Å². The average Bonchev–Trinajstić information content (AvgIpc) is 2.76. The van der Waals surface area contributed by atoms with Crippen molar-refractivity contribution in [3.05, 3.63) is 35.4 Å². The Morgan fingerprint density at radius 2 is 2.05 bits per heavy atom. The van der Waals surface area contributed by atoms with Crippen molar-refractivity contribution in [2.24, 2.45) is 5.41 Å². The molecule has 0 unspecified atom stereocenters. The highest BCUT2D eigenvalue weighted by atomic mass is 32.1. The molecule has 1 N–H and O–H groups in total. The lowest BCUT2D eigenvalue weighted by molar-refractivity contribution is -0.123. The van der Waals surface area contributed by atoms with Crippen LogP contribution in [0.25, 0.3) is 12.2 Å². The van der Waals surface area contributed by atoms with Crippen molar-refractivity contribution < 1.29 is 4.79 Å². The molecule has 0 aliphatic heterocycles. The van der Waals surface area contributed by atoms with Crippen LogP contribution in [0.1, 0.15) is 44.7 Å². The average molecular weight is 290 g/mol. The standard InChI is InChI=1S/C16H22N2OS/c1-7-11(8-2)10-13-12(9-3)17-15(20-13)18-14(19)16(4,5)6/h7,9-10H,1,3,8H2,2,4-6H3,(H,17,18,19)/b11-10+. The van der Waals surface area contributed by atoms with Crippen molar-refractivity contribution in [1.29, 1.82) is 0 Å². The van der Waals surface area contributed by atoms with Gasteiger partial charge in [-0.15, -0.1) is 0 Å². The van der Waals surface area contributed by atoms with Crippen LogP contribution in [-0.4, -0.2) is 10.9 Å². The zero-order chi connectivity index (χ0) is 15.3. The summed E-state index contributed by atoms with van der Waals surface area (Å²) < 4.78 is 0. The topological polar surface area (TPSA) is 42.0 Å². The predicted molar refractivity (Wildman–Crippen MR) is 88.8 cm³/mol. The number of nitrogens with one attached hydrogen (secondary N) is 1. The molecule has 1 heterocycles. The Morgan fingerprint density at radius 3 is 2.50 bits per heavy atom. The van der Waals surface area contributed by atoms with Gasteiger partial charge in [0.1, 0.15) is 0 Å². The molecule has 0 bridgehead atoms. The molecule has 1 aromatic heterocycles.